The number of aromatic nitrogens is 3. The first-order valence-electron chi connectivity index (χ1n) is 10.2. The second kappa shape index (κ2) is 10.4. The maximum Gasteiger partial charge on any atom is 0.242 e. The van der Waals surface area contributed by atoms with Gasteiger partial charge in [0.05, 0.1) is 17.8 Å². The lowest BCUT2D eigenvalue weighted by Crippen LogP contribution is -2.21. The fourth-order valence-corrected chi connectivity index (χ4v) is 4.67. The van der Waals surface area contributed by atoms with Gasteiger partial charge in [0, 0.05) is 10.6 Å². The van der Waals surface area contributed by atoms with Gasteiger partial charge >= 0.3 is 0 Å². The molecule has 0 radical (unpaired) electrons. The number of nitrogens with two attached hydrogens (primary N) is 1. The van der Waals surface area contributed by atoms with Crippen LogP contribution in [0.1, 0.15) is 16.4 Å². The molecule has 174 valence electrons. The summed E-state index contributed by atoms with van der Waals surface area (Å²) < 4.78 is 6.71. The summed E-state index contributed by atoms with van der Waals surface area (Å²) in [7, 11) is 1.56. The number of halogens is 2. The highest BCUT2D eigenvalue weighted by molar-refractivity contribution is 8.00. The first-order valence-corrected chi connectivity index (χ1v) is 11.8. The lowest BCUT2D eigenvalue weighted by atomic mass is 10.1. The minimum atomic E-state index is -0.666. The molecule has 0 saturated carbocycles. The molecule has 1 unspecified atom stereocenters. The van der Waals surface area contributed by atoms with Crippen molar-refractivity contribution in [3.8, 4) is 17.1 Å². The zero-order valence-electron chi connectivity index (χ0n) is 18.3. The Bertz CT molecular complexity index is 1330. The summed E-state index contributed by atoms with van der Waals surface area (Å²) in [4.78, 5) is 13.5. The molecule has 3 N–H and O–H groups in total. The predicted octanol–water partition coefficient (Wildman–Crippen LogP) is 5.75. The maximum atomic E-state index is 13.5. The van der Waals surface area contributed by atoms with Crippen LogP contribution in [0.4, 0.5) is 5.69 Å². The quantitative estimate of drug-likeness (QED) is 0.241. The molecule has 0 fully saturated rings. The zero-order chi connectivity index (χ0) is 24.2. The van der Waals surface area contributed by atoms with E-state index in [1.807, 2.05) is 55.5 Å². The molecule has 0 saturated heterocycles. The van der Waals surface area contributed by atoms with E-state index in [4.69, 9.17) is 33.8 Å². The molecule has 0 aliphatic carbocycles. The van der Waals surface area contributed by atoms with Crippen LogP contribution in [0.3, 0.4) is 0 Å². The van der Waals surface area contributed by atoms with Crippen molar-refractivity contribution in [2.75, 3.05) is 18.3 Å². The van der Waals surface area contributed by atoms with Crippen LogP contribution in [0.15, 0.2) is 71.9 Å². The zero-order valence-corrected chi connectivity index (χ0v) is 20.7. The van der Waals surface area contributed by atoms with Crippen LogP contribution in [0.5, 0.6) is 5.75 Å². The van der Waals surface area contributed by atoms with Gasteiger partial charge in [-0.1, -0.05) is 71.4 Å². The number of amides is 1. The molecule has 1 atom stereocenters. The Morgan fingerprint density at radius 2 is 1.85 bits per heavy atom. The molecule has 4 aromatic rings. The van der Waals surface area contributed by atoms with Gasteiger partial charge in [-0.05, 0) is 48.4 Å². The molecule has 4 rings (SSSR count). The van der Waals surface area contributed by atoms with E-state index in [1.165, 1.54) is 16.4 Å². The number of rotatable bonds is 7. The minimum Gasteiger partial charge on any atom is -0.495 e. The molecule has 34 heavy (non-hydrogen) atoms. The Labute approximate surface area is 211 Å². The van der Waals surface area contributed by atoms with Gasteiger partial charge in [0.15, 0.2) is 5.82 Å². The molecule has 3 aromatic carbocycles. The van der Waals surface area contributed by atoms with E-state index in [2.05, 4.69) is 15.5 Å². The van der Waals surface area contributed by atoms with Crippen molar-refractivity contribution < 1.29 is 9.53 Å². The van der Waals surface area contributed by atoms with E-state index >= 15 is 0 Å². The van der Waals surface area contributed by atoms with Gasteiger partial charge in [-0.15, -0.1) is 10.2 Å². The van der Waals surface area contributed by atoms with E-state index < -0.39 is 5.25 Å². The van der Waals surface area contributed by atoms with E-state index in [9.17, 15) is 4.79 Å². The summed E-state index contributed by atoms with van der Waals surface area (Å²) in [5, 5.41) is 12.0. The van der Waals surface area contributed by atoms with Crippen LogP contribution in [-0.4, -0.2) is 27.9 Å². The number of carbonyl (C=O) groups is 1. The largest absolute Gasteiger partial charge is 0.495 e. The van der Waals surface area contributed by atoms with Gasteiger partial charge in [-0.2, -0.15) is 0 Å². The third-order valence-corrected chi connectivity index (χ3v) is 6.79. The Morgan fingerprint density at radius 3 is 2.59 bits per heavy atom. The fourth-order valence-electron chi connectivity index (χ4n) is 3.33. The first kappa shape index (κ1) is 23.9. The van der Waals surface area contributed by atoms with E-state index in [0.29, 0.717) is 38.0 Å². The Kier molecular flexibility index (Phi) is 7.31. The lowest BCUT2D eigenvalue weighted by molar-refractivity contribution is -0.115. The summed E-state index contributed by atoms with van der Waals surface area (Å²) in [5.41, 5.74) is 2.89. The second-order valence-corrected chi connectivity index (χ2v) is 9.32. The van der Waals surface area contributed by atoms with E-state index in [0.717, 1.165) is 11.1 Å². The Morgan fingerprint density at radius 1 is 1.09 bits per heavy atom. The molecule has 0 aliphatic rings. The molecule has 1 aromatic heterocycles. The number of hydrogen-bond donors (Lipinski definition) is 2. The molecular weight excluding hydrogens is 493 g/mol. The smallest absolute Gasteiger partial charge is 0.242 e. The molecular formula is C24H21Cl2N5O2S. The molecule has 0 aliphatic heterocycles. The van der Waals surface area contributed by atoms with Gasteiger partial charge in [-0.25, -0.2) is 4.68 Å². The number of aryl methyl sites for hydroxylation is 1. The number of hydrogen-bond acceptors (Lipinski definition) is 6. The van der Waals surface area contributed by atoms with Crippen molar-refractivity contribution in [1.29, 1.82) is 0 Å². The summed E-state index contributed by atoms with van der Waals surface area (Å²) in [5.74, 6) is 6.96. The maximum absolute atomic E-state index is 13.5. The van der Waals surface area contributed by atoms with E-state index in [1.54, 1.807) is 25.3 Å². The third kappa shape index (κ3) is 5.14. The van der Waals surface area contributed by atoms with Crippen LogP contribution >= 0.6 is 35.0 Å². The van der Waals surface area contributed by atoms with Gasteiger partial charge < -0.3 is 15.9 Å². The number of nitrogen functional groups attached to an aromatic ring is 1. The minimum absolute atomic E-state index is 0.259. The van der Waals surface area contributed by atoms with Crippen molar-refractivity contribution in [3.05, 3.63) is 87.9 Å². The van der Waals surface area contributed by atoms with Crippen molar-refractivity contribution in [2.24, 2.45) is 0 Å². The Balaban J connectivity index is 1.67. The number of nitrogens with one attached hydrogen (secondary N) is 1. The average molecular weight is 514 g/mol. The summed E-state index contributed by atoms with van der Waals surface area (Å²) >= 11 is 13.6. The van der Waals surface area contributed by atoms with Crippen molar-refractivity contribution in [1.82, 2.24) is 14.9 Å². The monoisotopic (exact) mass is 513 g/mol. The number of benzene rings is 3. The van der Waals surface area contributed by atoms with Crippen LogP contribution in [0.25, 0.3) is 11.4 Å². The SMILES string of the molecule is COc1ccc(C)cc1NC(=O)C(Sc1nnc(-c2cc(Cl)ccc2Cl)n1N)c1ccccc1. The summed E-state index contributed by atoms with van der Waals surface area (Å²) in [6, 6.07) is 20.0. The number of ether oxygens (including phenoxy) is 1. The number of carbonyl (C=O) groups excluding carboxylic acids is 1. The normalized spacial score (nSPS) is 11.8. The van der Waals surface area contributed by atoms with Crippen LogP contribution in [0, 0.1) is 6.92 Å². The number of thioether (sulfide) groups is 1. The predicted molar refractivity (Wildman–Crippen MR) is 137 cm³/mol. The Hall–Kier alpha value is -3.20. The highest BCUT2D eigenvalue weighted by Crippen LogP contribution is 2.38. The van der Waals surface area contributed by atoms with Gasteiger partial charge in [-0.3, -0.25) is 4.79 Å². The summed E-state index contributed by atoms with van der Waals surface area (Å²) in [6.45, 7) is 1.94. The highest BCUT2D eigenvalue weighted by Gasteiger charge is 2.27. The molecule has 1 heterocycles. The second-order valence-electron chi connectivity index (χ2n) is 7.40. The summed E-state index contributed by atoms with van der Waals surface area (Å²) in [6.07, 6.45) is 0. The van der Waals surface area contributed by atoms with Crippen LogP contribution < -0.4 is 15.9 Å². The van der Waals surface area contributed by atoms with Gasteiger partial charge in [0.2, 0.25) is 11.1 Å². The topological polar surface area (TPSA) is 95.1 Å². The highest BCUT2D eigenvalue weighted by atomic mass is 35.5. The third-order valence-electron chi connectivity index (χ3n) is 5.01. The molecule has 0 bridgehead atoms. The van der Waals surface area contributed by atoms with Crippen molar-refractivity contribution in [2.45, 2.75) is 17.3 Å². The first-order chi connectivity index (χ1) is 16.4. The van der Waals surface area contributed by atoms with Crippen LogP contribution in [0.2, 0.25) is 10.0 Å². The molecule has 7 nitrogen and oxygen atoms in total. The molecule has 1 amide bonds. The number of anilines is 1. The fraction of sp³-hybridized carbons (Fsp3) is 0.125. The lowest BCUT2D eigenvalue weighted by Gasteiger charge is -2.18. The molecule has 0 spiro atoms. The standard InChI is InChI=1S/C24H21Cl2N5O2S/c1-14-8-11-20(33-2)19(12-14)28-23(32)21(15-6-4-3-5-7-15)34-24-30-29-22(31(24)27)17-13-16(25)9-10-18(17)26/h3-13,21H,27H2,1-2H3,(H,28,32). The molecule has 10 heteroatoms. The van der Waals surface area contributed by atoms with Gasteiger partial charge in [0.25, 0.3) is 0 Å². The van der Waals surface area contributed by atoms with Gasteiger partial charge in [0.1, 0.15) is 11.0 Å². The number of methoxy groups -OCH3 is 1. The average Bonchev–Trinajstić information content (AvgIpc) is 3.19. The van der Waals surface area contributed by atoms with Crippen LogP contribution in [-0.2, 0) is 4.79 Å². The van der Waals surface area contributed by atoms with E-state index in [-0.39, 0.29) is 5.91 Å². The van der Waals surface area contributed by atoms with Crippen molar-refractivity contribution >= 4 is 46.6 Å². The van der Waals surface area contributed by atoms with Crippen molar-refractivity contribution in [3.63, 3.8) is 0 Å². The number of nitrogens with zero attached hydrogens (tertiary/aromatic N) is 3.